The molecule has 9 heteroatoms. The number of carbonyl (C=O) groups is 3. The molecule has 0 aliphatic rings. The quantitative estimate of drug-likeness (QED) is 0.546. The lowest BCUT2D eigenvalue weighted by molar-refractivity contribution is -0.128. The van der Waals surface area contributed by atoms with E-state index in [1.807, 2.05) is 31.2 Å². The van der Waals surface area contributed by atoms with Crippen molar-refractivity contribution >= 4 is 28.8 Å². The number of hydrogen-bond donors (Lipinski definition) is 3. The number of nitrogens with zero attached hydrogens (tertiary/aromatic N) is 2. The monoisotopic (exact) mass is 397 g/mol. The Bertz CT molecular complexity index is 1060. The third-order valence-corrected chi connectivity index (χ3v) is 4.22. The van der Waals surface area contributed by atoms with Crippen molar-refractivity contribution < 1.29 is 18.8 Å². The van der Waals surface area contributed by atoms with Gasteiger partial charge in [-0.2, -0.15) is 0 Å². The third-order valence-electron chi connectivity index (χ3n) is 4.22. The van der Waals surface area contributed by atoms with Crippen LogP contribution in [-0.2, 0) is 22.6 Å². The summed E-state index contributed by atoms with van der Waals surface area (Å²) in [5.74, 6) is -1.74. The van der Waals surface area contributed by atoms with Crippen molar-refractivity contribution in [3.8, 4) is 0 Å². The van der Waals surface area contributed by atoms with Crippen molar-refractivity contribution in [3.05, 3.63) is 65.7 Å². The first-order chi connectivity index (χ1) is 14.0. The van der Waals surface area contributed by atoms with Crippen molar-refractivity contribution in [2.24, 2.45) is 0 Å². The molecular formula is C20H20FN5O3. The van der Waals surface area contributed by atoms with Gasteiger partial charge in [-0.15, -0.1) is 0 Å². The molecule has 1 heterocycles. The number of rotatable bonds is 6. The summed E-state index contributed by atoms with van der Waals surface area (Å²) in [4.78, 5) is 40.4. The van der Waals surface area contributed by atoms with Crippen molar-refractivity contribution in [2.45, 2.75) is 19.9 Å². The summed E-state index contributed by atoms with van der Waals surface area (Å²) in [6.07, 6.45) is 0.649. The molecule has 0 radical (unpaired) electrons. The summed E-state index contributed by atoms with van der Waals surface area (Å²) in [6, 6.07) is 12.9. The lowest BCUT2D eigenvalue weighted by Gasteiger charge is -2.11. The van der Waals surface area contributed by atoms with Crippen LogP contribution in [0.1, 0.15) is 23.1 Å². The van der Waals surface area contributed by atoms with E-state index in [0.29, 0.717) is 6.42 Å². The Morgan fingerprint density at radius 2 is 1.69 bits per heavy atom. The fourth-order valence-corrected chi connectivity index (χ4v) is 2.84. The van der Waals surface area contributed by atoms with E-state index in [2.05, 4.69) is 21.2 Å². The van der Waals surface area contributed by atoms with E-state index in [0.717, 1.165) is 22.9 Å². The molecule has 0 fully saturated rings. The van der Waals surface area contributed by atoms with Crippen LogP contribution in [0.5, 0.6) is 0 Å². The van der Waals surface area contributed by atoms with Crippen LogP contribution in [0.3, 0.4) is 0 Å². The van der Waals surface area contributed by atoms with Gasteiger partial charge in [-0.1, -0.05) is 31.2 Å². The van der Waals surface area contributed by atoms with Crippen LogP contribution in [0, 0.1) is 5.82 Å². The Hall–Kier alpha value is -3.75. The maximum atomic E-state index is 13.5. The molecule has 8 nitrogen and oxygen atoms in total. The van der Waals surface area contributed by atoms with Gasteiger partial charge in [0.05, 0.1) is 23.1 Å². The Kier molecular flexibility index (Phi) is 6.18. The number of halogens is 1. The maximum absolute atomic E-state index is 13.5. The number of aryl methyl sites for hydroxylation is 1. The number of hydrazine groups is 1. The zero-order chi connectivity index (χ0) is 20.8. The number of para-hydroxylation sites is 2. The number of carbonyl (C=O) groups excluding carboxylic acids is 3. The minimum absolute atomic E-state index is 0.0223. The van der Waals surface area contributed by atoms with Gasteiger partial charge in [-0.3, -0.25) is 25.2 Å². The largest absolute Gasteiger partial charge is 0.343 e. The molecule has 0 aliphatic carbocycles. The van der Waals surface area contributed by atoms with Gasteiger partial charge in [0.25, 0.3) is 17.7 Å². The number of fused-ring (bicyclic) bond motifs is 1. The Morgan fingerprint density at radius 3 is 2.45 bits per heavy atom. The van der Waals surface area contributed by atoms with Crippen LogP contribution in [0.25, 0.3) is 11.0 Å². The standard InChI is InChI=1S/C20H20FN5O3/c1-2-17-23-15-9-5-6-10-16(15)26(17)12-19(28)25-24-18(27)11-22-20(29)13-7-3-4-8-14(13)21/h3-10H,2,11-12H2,1H3,(H,22,29)(H,24,27)(H,25,28). The van der Waals surface area contributed by atoms with Crippen LogP contribution < -0.4 is 16.2 Å². The normalized spacial score (nSPS) is 10.6. The van der Waals surface area contributed by atoms with Crippen LogP contribution in [0.15, 0.2) is 48.5 Å². The predicted molar refractivity (Wildman–Crippen MR) is 104 cm³/mol. The van der Waals surface area contributed by atoms with E-state index < -0.39 is 30.1 Å². The number of amides is 3. The van der Waals surface area contributed by atoms with Gasteiger partial charge >= 0.3 is 0 Å². The van der Waals surface area contributed by atoms with E-state index in [1.165, 1.54) is 18.2 Å². The van der Waals surface area contributed by atoms with Gasteiger partial charge in [0, 0.05) is 6.42 Å². The van der Waals surface area contributed by atoms with Crippen LogP contribution >= 0.6 is 0 Å². The molecule has 0 spiro atoms. The molecule has 150 valence electrons. The van der Waals surface area contributed by atoms with E-state index in [1.54, 1.807) is 4.57 Å². The van der Waals surface area contributed by atoms with Gasteiger partial charge in [0.15, 0.2) is 0 Å². The molecule has 0 saturated carbocycles. The highest BCUT2D eigenvalue weighted by Crippen LogP contribution is 2.16. The Balaban J connectivity index is 1.51. The first-order valence-electron chi connectivity index (χ1n) is 9.04. The van der Waals surface area contributed by atoms with Gasteiger partial charge in [0.1, 0.15) is 18.2 Å². The number of imidazole rings is 1. The van der Waals surface area contributed by atoms with Gasteiger partial charge < -0.3 is 9.88 Å². The van der Waals surface area contributed by atoms with Crippen LogP contribution in [-0.4, -0.2) is 33.8 Å². The van der Waals surface area contributed by atoms with E-state index >= 15 is 0 Å². The van der Waals surface area contributed by atoms with Gasteiger partial charge in [-0.05, 0) is 24.3 Å². The van der Waals surface area contributed by atoms with Gasteiger partial charge in [-0.25, -0.2) is 9.37 Å². The minimum Gasteiger partial charge on any atom is -0.343 e. The molecule has 2 aromatic carbocycles. The first-order valence-corrected chi connectivity index (χ1v) is 9.04. The fourth-order valence-electron chi connectivity index (χ4n) is 2.84. The summed E-state index contributed by atoms with van der Waals surface area (Å²) < 4.78 is 15.3. The zero-order valence-corrected chi connectivity index (χ0v) is 15.7. The predicted octanol–water partition coefficient (Wildman–Crippen LogP) is 1.32. The SMILES string of the molecule is CCc1nc2ccccc2n1CC(=O)NNC(=O)CNC(=O)c1ccccc1F. The summed E-state index contributed by atoms with van der Waals surface area (Å²) in [5.41, 5.74) is 5.97. The summed E-state index contributed by atoms with van der Waals surface area (Å²) in [7, 11) is 0. The molecule has 0 atom stereocenters. The Labute approximate surface area is 166 Å². The van der Waals surface area contributed by atoms with Crippen molar-refractivity contribution in [1.82, 2.24) is 25.7 Å². The molecule has 0 bridgehead atoms. The number of aromatic nitrogens is 2. The smallest absolute Gasteiger partial charge is 0.258 e. The lowest BCUT2D eigenvalue weighted by Crippen LogP contribution is -2.47. The van der Waals surface area contributed by atoms with Crippen molar-refractivity contribution in [2.75, 3.05) is 6.54 Å². The zero-order valence-electron chi connectivity index (χ0n) is 15.7. The highest BCUT2D eigenvalue weighted by molar-refractivity contribution is 5.96. The van der Waals surface area contributed by atoms with Crippen molar-refractivity contribution in [1.29, 1.82) is 0 Å². The molecule has 0 saturated heterocycles. The molecule has 1 aromatic heterocycles. The van der Waals surface area contributed by atoms with Crippen LogP contribution in [0.4, 0.5) is 4.39 Å². The van der Waals surface area contributed by atoms with E-state index in [4.69, 9.17) is 0 Å². The van der Waals surface area contributed by atoms with E-state index in [-0.39, 0.29) is 12.1 Å². The molecule has 29 heavy (non-hydrogen) atoms. The molecular weight excluding hydrogens is 377 g/mol. The molecule has 3 aromatic rings. The summed E-state index contributed by atoms with van der Waals surface area (Å²) >= 11 is 0. The molecule has 0 aliphatic heterocycles. The lowest BCUT2D eigenvalue weighted by atomic mass is 10.2. The fraction of sp³-hybridized carbons (Fsp3) is 0.200. The van der Waals surface area contributed by atoms with Crippen molar-refractivity contribution in [3.63, 3.8) is 0 Å². The van der Waals surface area contributed by atoms with Gasteiger partial charge in [0.2, 0.25) is 0 Å². The van der Waals surface area contributed by atoms with E-state index in [9.17, 15) is 18.8 Å². The highest BCUT2D eigenvalue weighted by atomic mass is 19.1. The number of benzene rings is 2. The second kappa shape index (κ2) is 8.96. The molecule has 3 rings (SSSR count). The molecule has 3 N–H and O–H groups in total. The summed E-state index contributed by atoms with van der Waals surface area (Å²) in [6.45, 7) is 1.50. The highest BCUT2D eigenvalue weighted by Gasteiger charge is 2.14. The average molecular weight is 397 g/mol. The summed E-state index contributed by atoms with van der Waals surface area (Å²) in [5, 5.41) is 2.29. The third kappa shape index (κ3) is 4.75. The first kappa shape index (κ1) is 20.0. The molecule has 0 unspecified atom stereocenters. The van der Waals surface area contributed by atoms with Crippen LogP contribution in [0.2, 0.25) is 0 Å². The second-order valence-electron chi connectivity index (χ2n) is 6.22. The maximum Gasteiger partial charge on any atom is 0.258 e. The Morgan fingerprint density at radius 1 is 1.00 bits per heavy atom. The second-order valence-corrected chi connectivity index (χ2v) is 6.22. The topological polar surface area (TPSA) is 105 Å². The average Bonchev–Trinajstić information content (AvgIpc) is 3.08. The molecule has 3 amide bonds. The number of nitrogens with one attached hydrogen (secondary N) is 3. The minimum atomic E-state index is -0.720. The number of hydrogen-bond acceptors (Lipinski definition) is 4.